The molecule has 0 radical (unpaired) electrons. The highest BCUT2D eigenvalue weighted by Gasteiger charge is 2.46. The lowest BCUT2D eigenvalue weighted by atomic mass is 9.67. The number of nitrogens with one attached hydrogen (secondary N) is 2. The van der Waals surface area contributed by atoms with Crippen molar-refractivity contribution < 1.29 is 0 Å². The fourth-order valence-electron chi connectivity index (χ4n) is 11.6. The summed E-state index contributed by atoms with van der Waals surface area (Å²) in [6.07, 6.45) is -0.543. The fraction of sp³-hybridized carbons (Fsp3) is 0.0455. The van der Waals surface area contributed by atoms with Crippen LogP contribution in [-0.4, -0.2) is 5.84 Å². The van der Waals surface area contributed by atoms with Gasteiger partial charge in [0, 0.05) is 25.7 Å². The third-order valence-corrected chi connectivity index (χ3v) is 16.0. The molecule has 1 aromatic heterocycles. The first-order valence-electron chi connectivity index (χ1n) is 24.2. The molecule has 2 heterocycles. The number of fused-ring (bicyclic) bond motifs is 9. The van der Waals surface area contributed by atoms with Crippen LogP contribution in [0, 0.1) is 0 Å². The molecule has 12 aromatic rings. The van der Waals surface area contributed by atoms with Gasteiger partial charge in [-0.15, -0.1) is 11.3 Å². The van der Waals surface area contributed by atoms with Gasteiger partial charge in [-0.2, -0.15) is 0 Å². The Morgan fingerprint density at radius 2 is 1.01 bits per heavy atom. The highest BCUT2D eigenvalue weighted by molar-refractivity contribution is 7.26. The summed E-state index contributed by atoms with van der Waals surface area (Å²) >= 11 is 1.88. The first-order valence-corrected chi connectivity index (χ1v) is 25.0. The molecule has 1 aliphatic carbocycles. The van der Waals surface area contributed by atoms with E-state index >= 15 is 0 Å². The Morgan fingerprint density at radius 3 is 1.80 bits per heavy atom. The third-order valence-electron chi connectivity index (χ3n) is 14.8. The number of aliphatic imine (C=N–C) groups is 1. The average molecular weight is 912 g/mol. The minimum atomic E-state index is -0.511. The van der Waals surface area contributed by atoms with Crippen molar-refractivity contribution in [2.24, 2.45) is 4.99 Å². The fourth-order valence-corrected chi connectivity index (χ4v) is 12.9. The lowest BCUT2D eigenvalue weighted by molar-refractivity contribution is 0.409. The van der Waals surface area contributed by atoms with Gasteiger partial charge in [0.25, 0.3) is 0 Å². The van der Waals surface area contributed by atoms with Crippen molar-refractivity contribution in [3.05, 3.63) is 288 Å². The smallest absolute Gasteiger partial charge is 0.132 e. The van der Waals surface area contributed by atoms with Gasteiger partial charge in [-0.1, -0.05) is 237 Å². The highest BCUT2D eigenvalue weighted by atomic mass is 32.1. The summed E-state index contributed by atoms with van der Waals surface area (Å²) in [6.45, 7) is 0. The Morgan fingerprint density at radius 1 is 0.400 bits per heavy atom. The number of benzene rings is 11. The topological polar surface area (TPSA) is 36.4 Å². The molecular formula is C66H45N3S. The molecule has 2 unspecified atom stereocenters. The largest absolute Gasteiger partial charge is 0.350 e. The molecule has 70 heavy (non-hydrogen) atoms. The summed E-state index contributed by atoms with van der Waals surface area (Å²) in [5, 5.41) is 15.4. The zero-order valence-electron chi connectivity index (χ0n) is 38.2. The maximum Gasteiger partial charge on any atom is 0.132 e. The molecule has 4 heteroatoms. The predicted molar refractivity (Wildman–Crippen MR) is 294 cm³/mol. The quantitative estimate of drug-likeness (QED) is 0.167. The zero-order valence-corrected chi connectivity index (χ0v) is 39.0. The van der Waals surface area contributed by atoms with Gasteiger partial charge >= 0.3 is 0 Å². The van der Waals surface area contributed by atoms with E-state index in [2.05, 4.69) is 259 Å². The molecule has 330 valence electrons. The van der Waals surface area contributed by atoms with Crippen LogP contribution in [0.1, 0.15) is 51.3 Å². The molecule has 2 N–H and O–H groups in total. The van der Waals surface area contributed by atoms with Crippen molar-refractivity contribution in [2.45, 2.75) is 17.7 Å². The van der Waals surface area contributed by atoms with Crippen LogP contribution in [0.5, 0.6) is 0 Å². The summed E-state index contributed by atoms with van der Waals surface area (Å²) in [5.41, 5.74) is 15.4. The number of amidine groups is 1. The van der Waals surface area contributed by atoms with Gasteiger partial charge in [0.05, 0.1) is 5.41 Å². The van der Waals surface area contributed by atoms with Crippen molar-refractivity contribution in [3.8, 4) is 33.4 Å². The minimum absolute atomic E-state index is 0.196. The molecule has 1 aliphatic heterocycles. The minimum Gasteiger partial charge on any atom is -0.350 e. The van der Waals surface area contributed by atoms with Gasteiger partial charge in [-0.25, -0.2) is 4.99 Å². The van der Waals surface area contributed by atoms with E-state index in [4.69, 9.17) is 4.99 Å². The molecule has 14 rings (SSSR count). The Bertz CT molecular complexity index is 3970. The molecule has 2 aliphatic rings. The first-order chi connectivity index (χ1) is 34.7. The van der Waals surface area contributed by atoms with E-state index < -0.39 is 5.41 Å². The summed E-state index contributed by atoms with van der Waals surface area (Å²) in [6, 6.07) is 91.3. The monoisotopic (exact) mass is 911 g/mol. The van der Waals surface area contributed by atoms with Crippen molar-refractivity contribution in [3.63, 3.8) is 0 Å². The van der Waals surface area contributed by atoms with Crippen LogP contribution < -0.4 is 10.6 Å². The maximum atomic E-state index is 5.69. The molecule has 0 spiro atoms. The Labute approximate surface area is 411 Å². The highest BCUT2D eigenvalue weighted by Crippen LogP contribution is 2.56. The first kappa shape index (κ1) is 40.6. The lowest BCUT2D eigenvalue weighted by Crippen LogP contribution is -2.45. The van der Waals surface area contributed by atoms with Crippen molar-refractivity contribution >= 4 is 58.9 Å². The number of hydrogen-bond acceptors (Lipinski definition) is 4. The van der Waals surface area contributed by atoms with Crippen molar-refractivity contribution in [1.29, 1.82) is 0 Å². The van der Waals surface area contributed by atoms with Gasteiger partial charge in [0.2, 0.25) is 0 Å². The summed E-state index contributed by atoms with van der Waals surface area (Å²) in [5.74, 6) is 0.874. The van der Waals surface area contributed by atoms with Gasteiger partial charge in [-0.05, 0) is 100 Å². The Kier molecular flexibility index (Phi) is 9.51. The van der Waals surface area contributed by atoms with Gasteiger partial charge in [0.1, 0.15) is 18.2 Å². The number of hydrogen-bond donors (Lipinski definition) is 2. The van der Waals surface area contributed by atoms with Crippen LogP contribution in [0.15, 0.2) is 254 Å². The molecule has 3 nitrogen and oxygen atoms in total. The van der Waals surface area contributed by atoms with E-state index in [0.29, 0.717) is 0 Å². The standard InChI is InChI=1S/C66H45N3S/c1-4-18-45(19-5-1)63-67-64(48-37-38-54-53-26-14-15-30-58(53)66(59(54)40-48,49-21-6-2-7-22-49)50-23-8-3-9-24-50)69-65(68-63)57-41-60-61(55-27-13-12-25-52(55)57)56-29-16-28-51(62(56)70-60)44-34-31-43(32-35-44)47-36-33-42-17-10-11-20-46(42)39-47/h1-41,63-64,67H,(H,68,69). The maximum absolute atomic E-state index is 5.69. The van der Waals surface area contributed by atoms with Crippen LogP contribution in [-0.2, 0) is 5.41 Å². The van der Waals surface area contributed by atoms with Crippen molar-refractivity contribution in [1.82, 2.24) is 10.6 Å². The van der Waals surface area contributed by atoms with E-state index in [1.807, 2.05) is 11.3 Å². The van der Waals surface area contributed by atoms with Crippen LogP contribution in [0.3, 0.4) is 0 Å². The van der Waals surface area contributed by atoms with Crippen LogP contribution in [0.4, 0.5) is 0 Å². The molecule has 0 bridgehead atoms. The summed E-state index contributed by atoms with van der Waals surface area (Å²) in [7, 11) is 0. The second kappa shape index (κ2) is 16.4. The molecule has 0 saturated carbocycles. The molecule has 2 atom stereocenters. The SMILES string of the molecule is c1ccc(C2NC(c3cc4sc5c(-c6ccc(-c7ccc8ccccc8c7)cc6)cccc5c4c4ccccc34)=NC(c3ccc4c(c3)C(c3ccccc3)(c3ccccc3)c3ccccc3-4)N2)cc1. The normalized spacial score (nSPS) is 16.0. The molecule has 0 saturated heterocycles. The second-order valence-corrected chi connectivity index (χ2v) is 19.7. The summed E-state index contributed by atoms with van der Waals surface area (Å²) in [4.78, 5) is 5.69. The van der Waals surface area contributed by atoms with E-state index in [1.54, 1.807) is 0 Å². The molecule has 0 amide bonds. The summed E-state index contributed by atoms with van der Waals surface area (Å²) < 4.78 is 2.53. The van der Waals surface area contributed by atoms with E-state index in [1.165, 1.54) is 97.4 Å². The lowest BCUT2D eigenvalue weighted by Gasteiger charge is -2.35. The Balaban J connectivity index is 0.917. The van der Waals surface area contributed by atoms with E-state index in [0.717, 1.165) is 22.5 Å². The average Bonchev–Trinajstić information content (AvgIpc) is 3.97. The Hall–Kier alpha value is -8.41. The zero-order chi connectivity index (χ0) is 46.2. The van der Waals surface area contributed by atoms with Crippen LogP contribution in [0.25, 0.3) is 75.1 Å². The number of nitrogens with zero attached hydrogens (tertiary/aromatic N) is 1. The third kappa shape index (κ3) is 6.41. The predicted octanol–water partition coefficient (Wildman–Crippen LogP) is 16.4. The van der Waals surface area contributed by atoms with E-state index in [-0.39, 0.29) is 12.3 Å². The van der Waals surface area contributed by atoms with Crippen LogP contribution >= 0.6 is 11.3 Å². The van der Waals surface area contributed by atoms with Gasteiger partial charge < -0.3 is 5.32 Å². The number of thiophene rings is 1. The van der Waals surface area contributed by atoms with E-state index in [9.17, 15) is 0 Å². The van der Waals surface area contributed by atoms with Crippen molar-refractivity contribution in [2.75, 3.05) is 0 Å². The molecule has 11 aromatic carbocycles. The molecular weight excluding hydrogens is 867 g/mol. The molecule has 0 fully saturated rings. The van der Waals surface area contributed by atoms with Gasteiger partial charge in [-0.3, -0.25) is 5.32 Å². The van der Waals surface area contributed by atoms with Crippen LogP contribution in [0.2, 0.25) is 0 Å². The van der Waals surface area contributed by atoms with Gasteiger partial charge in [0.15, 0.2) is 0 Å². The second-order valence-electron chi connectivity index (χ2n) is 18.6. The number of rotatable bonds is 7.